The molecule has 4 heterocycles. The van der Waals surface area contributed by atoms with Crippen molar-refractivity contribution in [2.75, 3.05) is 23.8 Å². The predicted octanol–water partition coefficient (Wildman–Crippen LogP) is 3.67. The van der Waals surface area contributed by atoms with Crippen LogP contribution in [-0.4, -0.2) is 72.8 Å². The van der Waals surface area contributed by atoms with Crippen LogP contribution >= 0.6 is 0 Å². The number of aromatic nitrogens is 5. The number of fused-ring (bicyclic) bond motifs is 1. The van der Waals surface area contributed by atoms with Gasteiger partial charge in [-0.25, -0.2) is 9.78 Å². The molecule has 35 heavy (non-hydrogen) atoms. The number of hydrogen-bond acceptors (Lipinski definition) is 6. The van der Waals surface area contributed by atoms with Gasteiger partial charge in [-0.1, -0.05) is 20.8 Å². The van der Waals surface area contributed by atoms with E-state index in [2.05, 4.69) is 59.2 Å². The molecule has 1 aliphatic heterocycles. The van der Waals surface area contributed by atoms with Crippen LogP contribution in [0.2, 0.25) is 0 Å². The van der Waals surface area contributed by atoms with Gasteiger partial charge in [0.1, 0.15) is 0 Å². The first-order chi connectivity index (χ1) is 16.6. The first-order valence-corrected chi connectivity index (χ1v) is 12.5. The average molecular weight is 481 g/mol. The zero-order chi connectivity index (χ0) is 24.9. The van der Waals surface area contributed by atoms with Crippen molar-refractivity contribution in [2.45, 2.75) is 83.0 Å². The van der Waals surface area contributed by atoms with Crippen molar-refractivity contribution in [2.24, 2.45) is 0 Å². The first kappa shape index (κ1) is 23.6. The molecule has 188 valence electrons. The summed E-state index contributed by atoms with van der Waals surface area (Å²) in [6, 6.07) is 4.54. The number of aliphatic hydroxyl groups is 1. The molecule has 2 aliphatic rings. The fraction of sp³-hybridized carbons (Fsp3) is 0.600. The van der Waals surface area contributed by atoms with E-state index in [4.69, 9.17) is 5.10 Å². The maximum absolute atomic E-state index is 13.2. The van der Waals surface area contributed by atoms with Gasteiger partial charge in [0.15, 0.2) is 11.5 Å². The number of urea groups is 1. The van der Waals surface area contributed by atoms with Gasteiger partial charge < -0.3 is 14.9 Å². The Morgan fingerprint density at radius 2 is 2.00 bits per heavy atom. The van der Waals surface area contributed by atoms with Gasteiger partial charge in [0.2, 0.25) is 0 Å². The van der Waals surface area contributed by atoms with E-state index in [0.717, 1.165) is 41.8 Å². The van der Waals surface area contributed by atoms with E-state index in [9.17, 15) is 9.90 Å². The number of carbonyl (C=O) groups is 1. The molecule has 3 aromatic heterocycles. The lowest BCUT2D eigenvalue weighted by Gasteiger charge is -2.42. The Kier molecular flexibility index (Phi) is 5.94. The number of H-pyrrole nitrogens is 1. The number of piperidine rings is 1. The maximum atomic E-state index is 13.2. The van der Waals surface area contributed by atoms with E-state index in [0.29, 0.717) is 18.7 Å². The molecule has 1 saturated carbocycles. The van der Waals surface area contributed by atoms with Gasteiger partial charge in [0, 0.05) is 48.2 Å². The number of nitrogens with one attached hydrogen (secondary N) is 2. The Labute approximate surface area is 205 Å². The molecule has 1 saturated heterocycles. The van der Waals surface area contributed by atoms with Crippen molar-refractivity contribution >= 4 is 28.6 Å². The quantitative estimate of drug-likeness (QED) is 0.525. The molecule has 2 amide bonds. The molecule has 3 aromatic rings. The van der Waals surface area contributed by atoms with E-state index >= 15 is 0 Å². The van der Waals surface area contributed by atoms with E-state index in [1.807, 2.05) is 28.9 Å². The number of anilines is 2. The minimum absolute atomic E-state index is 0.112. The molecule has 10 heteroatoms. The molecule has 2 fully saturated rings. The van der Waals surface area contributed by atoms with Gasteiger partial charge >= 0.3 is 6.03 Å². The summed E-state index contributed by atoms with van der Waals surface area (Å²) in [5.41, 5.74) is 2.83. The number of aromatic amines is 1. The van der Waals surface area contributed by atoms with Crippen LogP contribution < -0.4 is 10.2 Å². The van der Waals surface area contributed by atoms with Crippen molar-refractivity contribution in [1.29, 1.82) is 0 Å². The predicted molar refractivity (Wildman–Crippen MR) is 136 cm³/mol. The minimum atomic E-state index is -0.258. The number of nitrogens with zero attached hydrogens (tertiary/aromatic N) is 6. The van der Waals surface area contributed by atoms with E-state index in [1.54, 1.807) is 6.20 Å². The number of hydrogen-bond donors (Lipinski definition) is 3. The largest absolute Gasteiger partial charge is 0.393 e. The molecule has 2 atom stereocenters. The summed E-state index contributed by atoms with van der Waals surface area (Å²) in [6.07, 6.45) is 6.58. The maximum Gasteiger partial charge on any atom is 0.323 e. The summed E-state index contributed by atoms with van der Waals surface area (Å²) >= 11 is 0. The van der Waals surface area contributed by atoms with Crippen LogP contribution in [0.4, 0.5) is 16.3 Å². The summed E-state index contributed by atoms with van der Waals surface area (Å²) in [5.74, 6) is 0.568. The number of pyridine rings is 1. The zero-order valence-electron chi connectivity index (χ0n) is 21.2. The molecule has 5 rings (SSSR count). The SMILES string of the molecule is C[C@@H]1C[C@H](N(C)C(=O)Nc2cc(C(C)(C)C)n(C3CC(O)C3)n2)CCN1c1cnc2[nH]ncc2c1. The van der Waals surface area contributed by atoms with Gasteiger partial charge in [-0.3, -0.25) is 15.1 Å². The lowest BCUT2D eigenvalue weighted by Crippen LogP contribution is -2.50. The average Bonchev–Trinajstić information content (AvgIpc) is 3.42. The van der Waals surface area contributed by atoms with E-state index < -0.39 is 0 Å². The Balaban J connectivity index is 1.24. The Morgan fingerprint density at radius 3 is 2.69 bits per heavy atom. The fourth-order valence-corrected chi connectivity index (χ4v) is 5.28. The van der Waals surface area contributed by atoms with Gasteiger partial charge in [0.25, 0.3) is 0 Å². The molecule has 10 nitrogen and oxygen atoms in total. The van der Waals surface area contributed by atoms with Crippen LogP contribution in [0, 0.1) is 0 Å². The molecule has 0 aromatic carbocycles. The molecule has 3 N–H and O–H groups in total. The van der Waals surface area contributed by atoms with Crippen molar-refractivity contribution in [3.05, 3.63) is 30.2 Å². The summed E-state index contributed by atoms with van der Waals surface area (Å²) in [7, 11) is 1.87. The smallest absolute Gasteiger partial charge is 0.323 e. The Morgan fingerprint density at radius 1 is 1.23 bits per heavy atom. The molecule has 0 unspecified atom stereocenters. The molecule has 0 bridgehead atoms. The second-order valence-corrected chi connectivity index (χ2v) is 11.2. The summed E-state index contributed by atoms with van der Waals surface area (Å²) in [6.45, 7) is 9.47. The Hall–Kier alpha value is -3.14. The standard InChI is InChI=1S/C25H36N8O2/c1-15-8-17(6-7-32(15)19-9-16-13-27-29-23(16)26-14-19)31(5)24(35)28-22-12-21(25(2,3)4)33(30-22)18-10-20(34)11-18/h9,12-15,17-18,20,34H,6-8,10-11H2,1-5H3,(H,26,27,29)(H,28,30,35)/t15-,17-,18?,20?/m1/s1. The highest BCUT2D eigenvalue weighted by Gasteiger charge is 2.35. The monoisotopic (exact) mass is 480 g/mol. The van der Waals surface area contributed by atoms with Crippen LogP contribution in [0.1, 0.15) is 65.1 Å². The third-order valence-corrected chi connectivity index (χ3v) is 7.50. The van der Waals surface area contributed by atoms with Crippen molar-refractivity contribution in [3.8, 4) is 0 Å². The van der Waals surface area contributed by atoms with Crippen LogP contribution in [0.5, 0.6) is 0 Å². The van der Waals surface area contributed by atoms with E-state index in [1.165, 1.54) is 0 Å². The van der Waals surface area contributed by atoms with Crippen molar-refractivity contribution in [3.63, 3.8) is 0 Å². The summed E-state index contributed by atoms with van der Waals surface area (Å²) < 4.78 is 1.99. The molecular weight excluding hydrogens is 444 g/mol. The highest BCUT2D eigenvalue weighted by Crippen LogP contribution is 2.37. The highest BCUT2D eigenvalue weighted by molar-refractivity contribution is 5.88. The van der Waals surface area contributed by atoms with Gasteiger partial charge in [-0.05, 0) is 38.7 Å². The number of rotatable bonds is 4. The highest BCUT2D eigenvalue weighted by atomic mass is 16.3. The second-order valence-electron chi connectivity index (χ2n) is 11.2. The van der Waals surface area contributed by atoms with Crippen LogP contribution in [0.3, 0.4) is 0 Å². The van der Waals surface area contributed by atoms with Gasteiger partial charge in [-0.15, -0.1) is 0 Å². The molecule has 1 aliphatic carbocycles. The summed E-state index contributed by atoms with van der Waals surface area (Å²) in [4.78, 5) is 21.8. The van der Waals surface area contributed by atoms with Crippen LogP contribution in [0.15, 0.2) is 24.5 Å². The van der Waals surface area contributed by atoms with Gasteiger partial charge in [0.05, 0.1) is 30.2 Å². The topological polar surface area (TPSA) is 115 Å². The van der Waals surface area contributed by atoms with Gasteiger partial charge in [-0.2, -0.15) is 10.2 Å². The number of carbonyl (C=O) groups excluding carboxylic acids is 1. The molecule has 0 spiro atoms. The zero-order valence-corrected chi connectivity index (χ0v) is 21.2. The van der Waals surface area contributed by atoms with E-state index in [-0.39, 0.29) is 35.7 Å². The molecule has 0 radical (unpaired) electrons. The summed E-state index contributed by atoms with van der Waals surface area (Å²) in [5, 5.41) is 25.5. The third-order valence-electron chi connectivity index (χ3n) is 7.50. The lowest BCUT2D eigenvalue weighted by atomic mass is 9.87. The molecular formula is C25H36N8O2. The van der Waals surface area contributed by atoms with Crippen molar-refractivity contribution < 1.29 is 9.90 Å². The lowest BCUT2D eigenvalue weighted by molar-refractivity contribution is 0.0411. The fourth-order valence-electron chi connectivity index (χ4n) is 5.28. The third kappa shape index (κ3) is 4.59. The second kappa shape index (κ2) is 8.82. The number of aliphatic hydroxyl groups excluding tert-OH is 1. The Bertz CT molecular complexity index is 1210. The normalized spacial score (nSPS) is 24.9. The number of amides is 2. The van der Waals surface area contributed by atoms with Crippen LogP contribution in [-0.2, 0) is 5.41 Å². The van der Waals surface area contributed by atoms with Crippen LogP contribution in [0.25, 0.3) is 11.0 Å². The first-order valence-electron chi connectivity index (χ1n) is 12.5. The minimum Gasteiger partial charge on any atom is -0.393 e. The van der Waals surface area contributed by atoms with Crippen molar-refractivity contribution in [1.82, 2.24) is 29.9 Å².